The molecule has 0 spiro atoms. The fourth-order valence-electron chi connectivity index (χ4n) is 1.87. The predicted octanol–water partition coefficient (Wildman–Crippen LogP) is 3.26. The Kier molecular flexibility index (Phi) is 2.76. The maximum absolute atomic E-state index is 11.7. The van der Waals surface area contributed by atoms with Crippen LogP contribution in [0.3, 0.4) is 0 Å². The summed E-state index contributed by atoms with van der Waals surface area (Å²) in [6, 6.07) is 8.57. The number of para-hydroxylation sites is 1. The molecule has 0 fully saturated rings. The summed E-state index contributed by atoms with van der Waals surface area (Å²) in [5.74, 6) is 0.594. The molecule has 0 amide bonds. The van der Waals surface area contributed by atoms with Crippen molar-refractivity contribution in [1.82, 2.24) is 9.97 Å². The smallest absolute Gasteiger partial charge is 0.340 e. The molecule has 0 aliphatic carbocycles. The number of nitrogens with zero attached hydrogens (tertiary/aromatic N) is 1. The first-order valence-electron chi connectivity index (χ1n) is 5.52. The number of hydrogen-bond donors (Lipinski definition) is 1. The third-order valence-corrected chi connectivity index (χ3v) is 2.93. The largest absolute Gasteiger partial charge is 0.465 e. The molecule has 1 N–H and O–H groups in total. The van der Waals surface area contributed by atoms with E-state index in [4.69, 9.17) is 20.8 Å². The summed E-state index contributed by atoms with van der Waals surface area (Å²) in [5.41, 5.74) is 1.67. The van der Waals surface area contributed by atoms with Crippen LogP contribution in [0.1, 0.15) is 10.4 Å². The number of fused-ring (bicyclic) bond motifs is 1. The van der Waals surface area contributed by atoms with Crippen LogP contribution in [0.15, 0.2) is 34.7 Å². The molecule has 0 unspecified atom stereocenters. The molecule has 0 atom stereocenters. The number of nitrogens with one attached hydrogen (secondary N) is 1. The highest BCUT2D eigenvalue weighted by Gasteiger charge is 2.15. The van der Waals surface area contributed by atoms with E-state index >= 15 is 0 Å². The lowest BCUT2D eigenvalue weighted by Gasteiger charge is -1.98. The average Bonchev–Trinajstić information content (AvgIpc) is 3.02. The van der Waals surface area contributed by atoms with Crippen molar-refractivity contribution in [1.29, 1.82) is 0 Å². The molecule has 0 bridgehead atoms. The van der Waals surface area contributed by atoms with Crippen molar-refractivity contribution in [3.63, 3.8) is 0 Å². The van der Waals surface area contributed by atoms with Crippen LogP contribution < -0.4 is 0 Å². The second kappa shape index (κ2) is 4.44. The first-order valence-corrected chi connectivity index (χ1v) is 5.89. The van der Waals surface area contributed by atoms with Crippen LogP contribution >= 0.6 is 11.6 Å². The number of esters is 1. The van der Waals surface area contributed by atoms with Gasteiger partial charge in [0.25, 0.3) is 0 Å². The van der Waals surface area contributed by atoms with Crippen LogP contribution in [0.4, 0.5) is 0 Å². The standard InChI is InChI=1S/C13H9ClN2O3/c1-18-13(17)7-3-2-4-8-11(7)16-12(15-8)9-5-6-10(14)19-9/h2-6H,1H3,(H,15,16). The number of aromatic nitrogens is 2. The first kappa shape index (κ1) is 11.8. The summed E-state index contributed by atoms with van der Waals surface area (Å²) in [4.78, 5) is 19.1. The number of imidazole rings is 1. The van der Waals surface area contributed by atoms with Gasteiger partial charge in [0.1, 0.15) is 5.52 Å². The highest BCUT2D eigenvalue weighted by atomic mass is 35.5. The zero-order valence-corrected chi connectivity index (χ0v) is 10.7. The summed E-state index contributed by atoms with van der Waals surface area (Å²) in [6.45, 7) is 0. The number of aromatic amines is 1. The number of ether oxygens (including phenoxy) is 1. The minimum Gasteiger partial charge on any atom is -0.465 e. The van der Waals surface area contributed by atoms with Gasteiger partial charge in [-0.05, 0) is 35.9 Å². The van der Waals surface area contributed by atoms with E-state index in [0.717, 1.165) is 5.52 Å². The van der Waals surface area contributed by atoms with E-state index in [1.165, 1.54) is 7.11 Å². The Hall–Kier alpha value is -2.27. The van der Waals surface area contributed by atoms with E-state index in [1.54, 1.807) is 24.3 Å². The summed E-state index contributed by atoms with van der Waals surface area (Å²) < 4.78 is 10.0. The second-order valence-corrected chi connectivity index (χ2v) is 4.26. The van der Waals surface area contributed by atoms with Crippen LogP contribution in [0.2, 0.25) is 5.22 Å². The van der Waals surface area contributed by atoms with Gasteiger partial charge in [0.15, 0.2) is 16.8 Å². The quantitative estimate of drug-likeness (QED) is 0.730. The molecular formula is C13H9ClN2O3. The summed E-state index contributed by atoms with van der Waals surface area (Å²) >= 11 is 5.73. The Balaban J connectivity index is 2.18. The molecule has 0 aliphatic rings. The van der Waals surface area contributed by atoms with Crippen molar-refractivity contribution >= 4 is 28.6 Å². The summed E-state index contributed by atoms with van der Waals surface area (Å²) in [6.07, 6.45) is 0. The SMILES string of the molecule is COC(=O)c1cccc2[nH]c(-c3ccc(Cl)o3)nc12. The highest BCUT2D eigenvalue weighted by molar-refractivity contribution is 6.29. The third kappa shape index (κ3) is 1.98. The molecule has 2 heterocycles. The van der Waals surface area contributed by atoms with E-state index in [2.05, 4.69) is 9.97 Å². The van der Waals surface area contributed by atoms with Gasteiger partial charge in [0.2, 0.25) is 0 Å². The number of benzene rings is 1. The predicted molar refractivity (Wildman–Crippen MR) is 70.1 cm³/mol. The van der Waals surface area contributed by atoms with Crippen molar-refractivity contribution in [2.24, 2.45) is 0 Å². The van der Waals surface area contributed by atoms with Crippen molar-refractivity contribution in [3.05, 3.63) is 41.1 Å². The second-order valence-electron chi connectivity index (χ2n) is 3.88. The zero-order valence-electron chi connectivity index (χ0n) is 9.94. The Morgan fingerprint density at radius 2 is 2.21 bits per heavy atom. The van der Waals surface area contributed by atoms with Crippen molar-refractivity contribution in [3.8, 4) is 11.6 Å². The van der Waals surface area contributed by atoms with Gasteiger partial charge >= 0.3 is 5.97 Å². The normalized spacial score (nSPS) is 10.8. The van der Waals surface area contributed by atoms with Crippen LogP contribution in [-0.4, -0.2) is 23.0 Å². The molecule has 19 heavy (non-hydrogen) atoms. The molecule has 96 valence electrons. The number of hydrogen-bond acceptors (Lipinski definition) is 4. The number of carbonyl (C=O) groups is 1. The Morgan fingerprint density at radius 3 is 2.89 bits per heavy atom. The first-order chi connectivity index (χ1) is 9.19. The number of furan rings is 1. The van der Waals surface area contributed by atoms with E-state index in [-0.39, 0.29) is 5.22 Å². The van der Waals surface area contributed by atoms with Crippen molar-refractivity contribution in [2.45, 2.75) is 0 Å². The van der Waals surface area contributed by atoms with Gasteiger partial charge in [-0.3, -0.25) is 0 Å². The number of halogens is 1. The monoisotopic (exact) mass is 276 g/mol. The van der Waals surface area contributed by atoms with Gasteiger partial charge in [-0.15, -0.1) is 0 Å². The minimum atomic E-state index is -0.430. The maximum Gasteiger partial charge on any atom is 0.340 e. The Bertz CT molecular complexity index is 760. The number of carbonyl (C=O) groups excluding carboxylic acids is 1. The molecule has 0 saturated carbocycles. The fourth-order valence-corrected chi connectivity index (χ4v) is 2.01. The van der Waals surface area contributed by atoms with Gasteiger partial charge in [-0.1, -0.05) is 6.07 Å². The molecule has 2 aromatic heterocycles. The lowest BCUT2D eigenvalue weighted by molar-refractivity contribution is 0.0603. The van der Waals surface area contributed by atoms with Gasteiger partial charge < -0.3 is 14.1 Å². The van der Waals surface area contributed by atoms with Crippen LogP contribution in [0.25, 0.3) is 22.6 Å². The molecular weight excluding hydrogens is 268 g/mol. The number of methoxy groups -OCH3 is 1. The van der Waals surface area contributed by atoms with Gasteiger partial charge in [-0.25, -0.2) is 9.78 Å². The van der Waals surface area contributed by atoms with E-state index in [1.807, 2.05) is 6.07 Å². The molecule has 5 nitrogen and oxygen atoms in total. The van der Waals surface area contributed by atoms with Crippen molar-refractivity contribution in [2.75, 3.05) is 7.11 Å². The van der Waals surface area contributed by atoms with Crippen LogP contribution in [-0.2, 0) is 4.74 Å². The van der Waals surface area contributed by atoms with Crippen molar-refractivity contribution < 1.29 is 13.9 Å². The zero-order chi connectivity index (χ0) is 13.4. The lowest BCUT2D eigenvalue weighted by Crippen LogP contribution is -2.01. The van der Waals surface area contributed by atoms with E-state index < -0.39 is 5.97 Å². The highest BCUT2D eigenvalue weighted by Crippen LogP contribution is 2.26. The fraction of sp³-hybridized carbons (Fsp3) is 0.0769. The van der Waals surface area contributed by atoms with E-state index in [9.17, 15) is 4.79 Å². The number of rotatable bonds is 2. The molecule has 0 radical (unpaired) electrons. The lowest BCUT2D eigenvalue weighted by atomic mass is 10.2. The Labute approximate surface area is 113 Å². The maximum atomic E-state index is 11.7. The molecule has 0 saturated heterocycles. The van der Waals surface area contributed by atoms with Gasteiger partial charge in [-0.2, -0.15) is 0 Å². The van der Waals surface area contributed by atoms with Crippen LogP contribution in [0, 0.1) is 0 Å². The van der Waals surface area contributed by atoms with Gasteiger partial charge in [0.05, 0.1) is 18.2 Å². The number of H-pyrrole nitrogens is 1. The van der Waals surface area contributed by atoms with Crippen LogP contribution in [0.5, 0.6) is 0 Å². The third-order valence-electron chi connectivity index (χ3n) is 2.72. The van der Waals surface area contributed by atoms with Gasteiger partial charge in [0, 0.05) is 0 Å². The molecule has 0 aliphatic heterocycles. The molecule has 3 aromatic rings. The molecule has 6 heteroatoms. The average molecular weight is 277 g/mol. The Morgan fingerprint density at radius 1 is 1.37 bits per heavy atom. The topological polar surface area (TPSA) is 68.1 Å². The molecule has 1 aromatic carbocycles. The minimum absolute atomic E-state index is 0.281. The summed E-state index contributed by atoms with van der Waals surface area (Å²) in [7, 11) is 1.33. The summed E-state index contributed by atoms with van der Waals surface area (Å²) in [5, 5.41) is 0.281. The van der Waals surface area contributed by atoms with E-state index in [0.29, 0.717) is 22.7 Å². The molecule has 3 rings (SSSR count).